The normalized spacial score (nSPS) is 12.7. The Balaban J connectivity index is 2.30. The summed E-state index contributed by atoms with van der Waals surface area (Å²) in [5.41, 5.74) is 3.79. The third-order valence-electron chi connectivity index (χ3n) is 3.03. The van der Waals surface area contributed by atoms with Crippen molar-refractivity contribution in [2.24, 2.45) is 0 Å². The highest BCUT2D eigenvalue weighted by atomic mass is 35.5. The molecule has 2 rings (SSSR count). The molecular formula is C15H17ClS. The molecule has 0 amide bonds. The molecule has 2 aromatic rings. The number of thiophene rings is 1. The highest BCUT2D eigenvalue weighted by molar-refractivity contribution is 7.12. The maximum atomic E-state index is 6.55. The van der Waals surface area contributed by atoms with Crippen LogP contribution in [-0.2, 0) is 6.42 Å². The minimum Gasteiger partial charge on any atom is -0.146 e. The van der Waals surface area contributed by atoms with Gasteiger partial charge in [0.25, 0.3) is 0 Å². The first-order chi connectivity index (χ1) is 8.11. The maximum Gasteiger partial charge on any atom is 0.0846 e. The van der Waals surface area contributed by atoms with Gasteiger partial charge in [-0.05, 0) is 43.0 Å². The molecule has 1 heterocycles. The highest BCUT2D eigenvalue weighted by Crippen LogP contribution is 2.35. The molecule has 0 saturated carbocycles. The van der Waals surface area contributed by atoms with E-state index in [0.29, 0.717) is 0 Å². The molecule has 1 unspecified atom stereocenters. The van der Waals surface area contributed by atoms with E-state index in [-0.39, 0.29) is 5.38 Å². The summed E-state index contributed by atoms with van der Waals surface area (Å²) < 4.78 is 0. The van der Waals surface area contributed by atoms with Crippen molar-refractivity contribution in [2.75, 3.05) is 0 Å². The molecule has 0 aliphatic heterocycles. The maximum absolute atomic E-state index is 6.55. The lowest BCUT2D eigenvalue weighted by Gasteiger charge is -2.10. The first-order valence-corrected chi connectivity index (χ1v) is 7.17. The van der Waals surface area contributed by atoms with Crippen LogP contribution in [0.3, 0.4) is 0 Å². The Hall–Kier alpha value is -0.790. The number of alkyl halides is 1. The number of benzene rings is 1. The molecule has 1 aromatic carbocycles. The average Bonchev–Trinajstić information content (AvgIpc) is 2.68. The van der Waals surface area contributed by atoms with Crippen molar-refractivity contribution in [3.63, 3.8) is 0 Å². The Morgan fingerprint density at radius 3 is 2.29 bits per heavy atom. The van der Waals surface area contributed by atoms with Gasteiger partial charge in [-0.1, -0.05) is 31.2 Å². The molecule has 1 atom stereocenters. The summed E-state index contributed by atoms with van der Waals surface area (Å²) in [7, 11) is 0. The van der Waals surface area contributed by atoms with Crippen LogP contribution in [0, 0.1) is 13.8 Å². The monoisotopic (exact) mass is 264 g/mol. The van der Waals surface area contributed by atoms with Crippen molar-refractivity contribution >= 4 is 22.9 Å². The molecule has 0 nitrogen and oxygen atoms in total. The minimum absolute atomic E-state index is 0.0224. The summed E-state index contributed by atoms with van der Waals surface area (Å²) in [5, 5.41) is -0.0224. The predicted octanol–water partition coefficient (Wildman–Crippen LogP) is 5.26. The van der Waals surface area contributed by atoms with E-state index >= 15 is 0 Å². The molecule has 17 heavy (non-hydrogen) atoms. The molecular weight excluding hydrogens is 248 g/mol. The van der Waals surface area contributed by atoms with Crippen LogP contribution in [-0.4, -0.2) is 0 Å². The van der Waals surface area contributed by atoms with Gasteiger partial charge in [0.2, 0.25) is 0 Å². The number of hydrogen-bond donors (Lipinski definition) is 0. The molecule has 0 spiro atoms. The summed E-state index contributed by atoms with van der Waals surface area (Å²) in [6.45, 7) is 6.44. The Morgan fingerprint density at radius 1 is 1.18 bits per heavy atom. The van der Waals surface area contributed by atoms with Crippen LogP contribution < -0.4 is 0 Å². The number of aryl methyl sites for hydroxylation is 3. The van der Waals surface area contributed by atoms with Crippen molar-refractivity contribution in [1.82, 2.24) is 0 Å². The lowest BCUT2D eigenvalue weighted by molar-refractivity contribution is 1.10. The summed E-state index contributed by atoms with van der Waals surface area (Å²) in [6, 6.07) is 10.8. The summed E-state index contributed by atoms with van der Waals surface area (Å²) in [5.74, 6) is 0. The number of halogens is 1. The van der Waals surface area contributed by atoms with Crippen molar-refractivity contribution in [2.45, 2.75) is 32.6 Å². The van der Waals surface area contributed by atoms with Crippen LogP contribution in [0.1, 0.15) is 38.7 Å². The number of hydrogen-bond acceptors (Lipinski definition) is 1. The molecule has 90 valence electrons. The second kappa shape index (κ2) is 5.24. The Bertz CT molecular complexity index is 496. The fourth-order valence-electron chi connectivity index (χ4n) is 2.00. The van der Waals surface area contributed by atoms with Gasteiger partial charge in [-0.2, -0.15) is 0 Å². The van der Waals surface area contributed by atoms with E-state index < -0.39 is 0 Å². The lowest BCUT2D eigenvalue weighted by atomic mass is 10.0. The molecule has 0 radical (unpaired) electrons. The largest absolute Gasteiger partial charge is 0.146 e. The van der Waals surface area contributed by atoms with Crippen LogP contribution in [0.5, 0.6) is 0 Å². The third-order valence-corrected chi connectivity index (χ3v) is 4.50. The van der Waals surface area contributed by atoms with E-state index in [2.05, 4.69) is 51.1 Å². The fourth-order valence-corrected chi connectivity index (χ4v) is 3.40. The molecule has 0 fully saturated rings. The molecule has 2 heteroatoms. The van der Waals surface area contributed by atoms with Crippen molar-refractivity contribution in [3.8, 4) is 0 Å². The Labute approximate surface area is 112 Å². The summed E-state index contributed by atoms with van der Waals surface area (Å²) in [4.78, 5) is 2.65. The molecule has 0 bridgehead atoms. The van der Waals surface area contributed by atoms with Crippen LogP contribution in [0.25, 0.3) is 0 Å². The average molecular weight is 265 g/mol. The van der Waals surface area contributed by atoms with E-state index in [9.17, 15) is 0 Å². The standard InChI is InChI=1S/C15H17ClS/c1-4-12-5-7-13(8-6-12)15(16)14-9-10(2)17-11(14)3/h5-9,15H,4H2,1-3H3. The molecule has 0 aliphatic rings. The van der Waals surface area contributed by atoms with E-state index in [4.69, 9.17) is 11.6 Å². The van der Waals surface area contributed by atoms with E-state index in [1.54, 1.807) is 0 Å². The van der Waals surface area contributed by atoms with Crippen LogP contribution in [0.15, 0.2) is 30.3 Å². The SMILES string of the molecule is CCc1ccc(C(Cl)c2cc(C)sc2C)cc1. The first-order valence-electron chi connectivity index (χ1n) is 5.91. The second-order valence-corrected chi connectivity index (χ2v) is 6.22. The second-order valence-electron chi connectivity index (χ2n) is 4.33. The van der Waals surface area contributed by atoms with Crippen molar-refractivity contribution in [3.05, 3.63) is 56.8 Å². The third kappa shape index (κ3) is 2.72. The predicted molar refractivity (Wildman–Crippen MR) is 77.3 cm³/mol. The van der Waals surface area contributed by atoms with E-state index in [0.717, 1.165) is 6.42 Å². The van der Waals surface area contributed by atoms with E-state index in [1.165, 1.54) is 26.4 Å². The van der Waals surface area contributed by atoms with Gasteiger partial charge < -0.3 is 0 Å². The van der Waals surface area contributed by atoms with Gasteiger partial charge in [0.15, 0.2) is 0 Å². The first kappa shape index (κ1) is 12.7. The topological polar surface area (TPSA) is 0 Å². The number of rotatable bonds is 3. The lowest BCUT2D eigenvalue weighted by Crippen LogP contribution is -1.93. The van der Waals surface area contributed by atoms with Gasteiger partial charge in [0, 0.05) is 9.75 Å². The quantitative estimate of drug-likeness (QED) is 0.664. The molecule has 0 saturated heterocycles. The van der Waals surface area contributed by atoms with Gasteiger partial charge in [-0.25, -0.2) is 0 Å². The Morgan fingerprint density at radius 2 is 1.82 bits per heavy atom. The highest BCUT2D eigenvalue weighted by Gasteiger charge is 2.15. The van der Waals surface area contributed by atoms with Gasteiger partial charge in [-0.3, -0.25) is 0 Å². The van der Waals surface area contributed by atoms with Gasteiger partial charge in [0.1, 0.15) is 0 Å². The van der Waals surface area contributed by atoms with Gasteiger partial charge >= 0.3 is 0 Å². The minimum atomic E-state index is -0.0224. The summed E-state index contributed by atoms with van der Waals surface area (Å²) in [6.07, 6.45) is 1.07. The van der Waals surface area contributed by atoms with E-state index in [1.807, 2.05) is 11.3 Å². The summed E-state index contributed by atoms with van der Waals surface area (Å²) >= 11 is 8.37. The van der Waals surface area contributed by atoms with Gasteiger partial charge in [-0.15, -0.1) is 22.9 Å². The van der Waals surface area contributed by atoms with Crippen LogP contribution >= 0.6 is 22.9 Å². The van der Waals surface area contributed by atoms with Crippen LogP contribution in [0.2, 0.25) is 0 Å². The zero-order valence-electron chi connectivity index (χ0n) is 10.5. The van der Waals surface area contributed by atoms with Crippen LogP contribution in [0.4, 0.5) is 0 Å². The van der Waals surface area contributed by atoms with Crippen molar-refractivity contribution < 1.29 is 0 Å². The molecule has 0 N–H and O–H groups in total. The molecule has 0 aliphatic carbocycles. The Kier molecular flexibility index (Phi) is 3.90. The zero-order valence-corrected chi connectivity index (χ0v) is 12.0. The van der Waals surface area contributed by atoms with Crippen molar-refractivity contribution in [1.29, 1.82) is 0 Å². The van der Waals surface area contributed by atoms with Gasteiger partial charge in [0.05, 0.1) is 5.38 Å². The molecule has 1 aromatic heterocycles. The zero-order chi connectivity index (χ0) is 12.4. The fraction of sp³-hybridized carbons (Fsp3) is 0.333. The smallest absolute Gasteiger partial charge is 0.0846 e.